The maximum atomic E-state index is 5.81. The first kappa shape index (κ1) is 8.47. The summed E-state index contributed by atoms with van der Waals surface area (Å²) < 4.78 is 10.5. The van der Waals surface area contributed by atoms with Crippen molar-refractivity contribution >= 4 is 0 Å². The molecule has 0 fully saturated rings. The predicted octanol–water partition coefficient (Wildman–Crippen LogP) is 2.14. The van der Waals surface area contributed by atoms with E-state index < -0.39 is 0 Å². The van der Waals surface area contributed by atoms with Gasteiger partial charge in [0.2, 0.25) is 0 Å². The van der Waals surface area contributed by atoms with Crippen molar-refractivity contribution in [3.63, 3.8) is 0 Å². The molecule has 0 saturated carbocycles. The quantitative estimate of drug-likeness (QED) is 0.710. The summed E-state index contributed by atoms with van der Waals surface area (Å²) in [7, 11) is 0. The summed E-state index contributed by atoms with van der Waals surface area (Å²) in [5.41, 5.74) is 2.02. The fraction of sp³-hybridized carbons (Fsp3) is 0.273. The van der Waals surface area contributed by atoms with Crippen LogP contribution in [0.4, 0.5) is 0 Å². The van der Waals surface area contributed by atoms with E-state index in [2.05, 4.69) is 16.4 Å². The van der Waals surface area contributed by atoms with E-state index >= 15 is 0 Å². The van der Waals surface area contributed by atoms with Crippen molar-refractivity contribution in [2.24, 2.45) is 0 Å². The third kappa shape index (κ3) is 1.48. The Morgan fingerprint density at radius 1 is 1.27 bits per heavy atom. The molecule has 1 atom stereocenters. The lowest BCUT2D eigenvalue weighted by Crippen LogP contribution is -2.15. The molecule has 0 N–H and O–H groups in total. The Morgan fingerprint density at radius 2 is 2.20 bits per heavy atom. The second-order valence-corrected chi connectivity index (χ2v) is 3.58. The van der Waals surface area contributed by atoms with Gasteiger partial charge in [0.25, 0.3) is 0 Å². The topological polar surface area (TPSA) is 48.2 Å². The number of fused-ring (bicyclic) bond motifs is 1. The fourth-order valence-electron chi connectivity index (χ4n) is 1.84. The van der Waals surface area contributed by atoms with Gasteiger partial charge in [0.05, 0.1) is 0 Å². The van der Waals surface area contributed by atoms with E-state index in [1.165, 1.54) is 5.56 Å². The standard InChI is InChI=1S/C11H10N2O2/c1-2-4-10-8(3-1)5-6-11(15-10)9-7-14-13-12-9/h1-4,7,11H,5-6H2. The minimum Gasteiger partial charge on any atom is -0.484 e. The van der Waals surface area contributed by atoms with Crippen LogP contribution in [0.1, 0.15) is 23.8 Å². The normalized spacial score (nSPS) is 19.3. The molecule has 76 valence electrons. The molecule has 0 spiro atoms. The molecule has 0 bridgehead atoms. The van der Waals surface area contributed by atoms with Gasteiger partial charge in [-0.3, -0.25) is 0 Å². The van der Waals surface area contributed by atoms with Gasteiger partial charge in [0.1, 0.15) is 17.5 Å². The van der Waals surface area contributed by atoms with Gasteiger partial charge in [-0.25, -0.2) is 0 Å². The molecule has 3 rings (SSSR count). The van der Waals surface area contributed by atoms with Crippen molar-refractivity contribution in [3.8, 4) is 5.75 Å². The van der Waals surface area contributed by atoms with Crippen LogP contribution < -0.4 is 4.74 Å². The van der Waals surface area contributed by atoms with Crippen molar-refractivity contribution in [1.82, 2.24) is 10.4 Å². The molecule has 15 heavy (non-hydrogen) atoms. The van der Waals surface area contributed by atoms with Gasteiger partial charge < -0.3 is 9.26 Å². The van der Waals surface area contributed by atoms with E-state index in [-0.39, 0.29) is 6.10 Å². The molecule has 0 saturated heterocycles. The van der Waals surface area contributed by atoms with E-state index in [1.807, 2.05) is 18.2 Å². The molecule has 1 unspecified atom stereocenters. The molecule has 2 aromatic rings. The van der Waals surface area contributed by atoms with Crippen molar-refractivity contribution in [2.45, 2.75) is 18.9 Å². The zero-order valence-electron chi connectivity index (χ0n) is 8.09. The molecule has 0 radical (unpaired) electrons. The second-order valence-electron chi connectivity index (χ2n) is 3.58. The van der Waals surface area contributed by atoms with Crippen molar-refractivity contribution in [3.05, 3.63) is 41.8 Å². The van der Waals surface area contributed by atoms with Gasteiger partial charge in [-0.05, 0) is 24.5 Å². The number of ether oxygens (including phenoxy) is 1. The number of nitrogens with zero attached hydrogens (tertiary/aromatic N) is 2. The number of rotatable bonds is 1. The average molecular weight is 202 g/mol. The maximum absolute atomic E-state index is 5.81. The number of aryl methyl sites for hydroxylation is 1. The van der Waals surface area contributed by atoms with Crippen LogP contribution in [-0.4, -0.2) is 10.4 Å². The lowest BCUT2D eigenvalue weighted by molar-refractivity contribution is 0.172. The number of aromatic nitrogens is 2. The first-order valence-electron chi connectivity index (χ1n) is 4.95. The van der Waals surface area contributed by atoms with Crippen LogP contribution in [0, 0.1) is 0 Å². The Morgan fingerprint density at radius 3 is 3.07 bits per heavy atom. The number of hydrogen-bond donors (Lipinski definition) is 0. The number of benzene rings is 1. The van der Waals surface area contributed by atoms with Crippen molar-refractivity contribution < 1.29 is 9.26 Å². The molecular weight excluding hydrogens is 192 g/mol. The van der Waals surface area contributed by atoms with E-state index in [1.54, 1.807) is 6.26 Å². The van der Waals surface area contributed by atoms with Gasteiger partial charge in [-0.1, -0.05) is 18.2 Å². The Bertz CT molecular complexity index is 453. The summed E-state index contributed by atoms with van der Waals surface area (Å²) in [5, 5.41) is 7.32. The predicted molar refractivity (Wildman–Crippen MR) is 52.4 cm³/mol. The van der Waals surface area contributed by atoms with E-state index in [0.717, 1.165) is 24.3 Å². The summed E-state index contributed by atoms with van der Waals surface area (Å²) in [4.78, 5) is 0. The lowest BCUT2D eigenvalue weighted by Gasteiger charge is -2.23. The van der Waals surface area contributed by atoms with Crippen LogP contribution in [0.25, 0.3) is 0 Å². The summed E-state index contributed by atoms with van der Waals surface area (Å²) in [6, 6.07) is 8.07. The zero-order valence-corrected chi connectivity index (χ0v) is 8.09. The van der Waals surface area contributed by atoms with Crippen LogP contribution in [0.2, 0.25) is 0 Å². The van der Waals surface area contributed by atoms with Crippen molar-refractivity contribution in [1.29, 1.82) is 0 Å². The summed E-state index contributed by atoms with van der Waals surface area (Å²) >= 11 is 0. The Balaban J connectivity index is 1.89. The average Bonchev–Trinajstić information content (AvgIpc) is 2.82. The molecular formula is C11H10N2O2. The highest BCUT2D eigenvalue weighted by molar-refractivity contribution is 5.35. The summed E-state index contributed by atoms with van der Waals surface area (Å²) in [6.07, 6.45) is 3.45. The molecule has 1 aliphatic heterocycles. The Hall–Kier alpha value is -1.84. The number of para-hydroxylation sites is 1. The molecule has 1 aliphatic rings. The monoisotopic (exact) mass is 202 g/mol. The minimum atomic E-state index is -0.0221. The third-order valence-corrected chi connectivity index (χ3v) is 2.62. The first-order valence-corrected chi connectivity index (χ1v) is 4.95. The van der Waals surface area contributed by atoms with Gasteiger partial charge >= 0.3 is 0 Å². The SMILES string of the molecule is c1ccc2c(c1)CCC(c1conn1)O2. The third-order valence-electron chi connectivity index (χ3n) is 2.62. The first-order chi connectivity index (χ1) is 7.43. The molecule has 4 heteroatoms. The largest absolute Gasteiger partial charge is 0.484 e. The highest BCUT2D eigenvalue weighted by atomic mass is 16.5. The zero-order chi connectivity index (χ0) is 10.1. The van der Waals surface area contributed by atoms with Gasteiger partial charge in [-0.2, -0.15) is 0 Å². The molecule has 4 nitrogen and oxygen atoms in total. The fourth-order valence-corrected chi connectivity index (χ4v) is 1.84. The van der Waals surface area contributed by atoms with Crippen LogP contribution in [0.5, 0.6) is 5.75 Å². The van der Waals surface area contributed by atoms with E-state index in [9.17, 15) is 0 Å². The Kier molecular flexibility index (Phi) is 1.91. The van der Waals surface area contributed by atoms with Gasteiger partial charge in [0.15, 0.2) is 6.26 Å². The highest BCUT2D eigenvalue weighted by Crippen LogP contribution is 2.33. The van der Waals surface area contributed by atoms with Crippen LogP contribution in [0.15, 0.2) is 35.1 Å². The summed E-state index contributed by atoms with van der Waals surface area (Å²) in [5.74, 6) is 0.941. The minimum absolute atomic E-state index is 0.0221. The smallest absolute Gasteiger partial charge is 0.151 e. The van der Waals surface area contributed by atoms with Crippen LogP contribution in [0.3, 0.4) is 0 Å². The van der Waals surface area contributed by atoms with Gasteiger partial charge in [0, 0.05) is 5.27 Å². The summed E-state index contributed by atoms with van der Waals surface area (Å²) in [6.45, 7) is 0. The van der Waals surface area contributed by atoms with Gasteiger partial charge in [-0.15, -0.1) is 5.10 Å². The second kappa shape index (κ2) is 3.38. The molecule has 0 aliphatic carbocycles. The van der Waals surface area contributed by atoms with Crippen LogP contribution >= 0.6 is 0 Å². The lowest BCUT2D eigenvalue weighted by atomic mass is 10.0. The van der Waals surface area contributed by atoms with Crippen LogP contribution in [-0.2, 0) is 6.42 Å². The van der Waals surface area contributed by atoms with E-state index in [0.29, 0.717) is 0 Å². The maximum Gasteiger partial charge on any atom is 0.151 e. The Labute approximate surface area is 86.8 Å². The molecule has 1 aromatic heterocycles. The van der Waals surface area contributed by atoms with E-state index in [4.69, 9.17) is 9.26 Å². The molecule has 2 heterocycles. The molecule has 1 aromatic carbocycles. The highest BCUT2D eigenvalue weighted by Gasteiger charge is 2.23. The van der Waals surface area contributed by atoms with Crippen molar-refractivity contribution in [2.75, 3.05) is 0 Å². The number of hydrogen-bond acceptors (Lipinski definition) is 4. The molecule has 0 amide bonds.